The Hall–Kier alpha value is -2.73. The predicted octanol–water partition coefficient (Wildman–Crippen LogP) is 3.70. The van der Waals surface area contributed by atoms with E-state index in [0.29, 0.717) is 13.0 Å². The third-order valence-corrected chi connectivity index (χ3v) is 10.8. The van der Waals surface area contributed by atoms with E-state index in [4.69, 9.17) is 14.7 Å². The Labute approximate surface area is 192 Å². The molecule has 2 aromatic rings. The molecule has 12 nitrogen and oxygen atoms in total. The van der Waals surface area contributed by atoms with Gasteiger partial charge < -0.3 is 9.16 Å². The zero-order valence-electron chi connectivity index (χ0n) is 20.1. The highest BCUT2D eigenvalue weighted by molar-refractivity contribution is 6.74. The van der Waals surface area contributed by atoms with Crippen molar-refractivity contribution in [3.8, 4) is 0 Å². The zero-order chi connectivity index (χ0) is 24.6. The normalized spacial score (nSPS) is 21.4. The smallest absolute Gasteiger partial charge is 0.280 e. The number of fused-ring (bicyclic) bond motifs is 1. The summed E-state index contributed by atoms with van der Waals surface area (Å²) in [4.78, 5) is 38.6. The van der Waals surface area contributed by atoms with Crippen LogP contribution in [0.2, 0.25) is 18.1 Å². The summed E-state index contributed by atoms with van der Waals surface area (Å²) in [6.07, 6.45) is 0.847. The van der Waals surface area contributed by atoms with E-state index >= 15 is 0 Å². The highest BCUT2D eigenvalue weighted by Crippen LogP contribution is 2.38. The summed E-state index contributed by atoms with van der Waals surface area (Å²) in [7, 11) is -2.03. The van der Waals surface area contributed by atoms with Crippen LogP contribution in [0.3, 0.4) is 0 Å². The lowest BCUT2D eigenvalue weighted by Crippen LogP contribution is -2.43. The molecule has 13 heteroatoms. The molecular weight excluding hydrogens is 444 g/mol. The molecule has 3 rings (SSSR count). The van der Waals surface area contributed by atoms with Gasteiger partial charge in [0.25, 0.3) is 5.56 Å². The summed E-state index contributed by atoms with van der Waals surface area (Å²) in [6.45, 7) is 14.5. The van der Waals surface area contributed by atoms with Gasteiger partial charge in [-0.25, -0.2) is 4.98 Å². The summed E-state index contributed by atoms with van der Waals surface area (Å²) >= 11 is 0. The Morgan fingerprint density at radius 2 is 2.18 bits per heavy atom. The van der Waals surface area contributed by atoms with Crippen LogP contribution in [-0.4, -0.2) is 52.5 Å². The lowest BCUT2D eigenvalue weighted by molar-refractivity contribution is -0.118. The fourth-order valence-electron chi connectivity index (χ4n) is 3.19. The first-order chi connectivity index (χ1) is 15.3. The molecular formula is C20H32N8O4Si. The molecule has 1 saturated heterocycles. The second kappa shape index (κ2) is 9.25. The fraction of sp³-hybridized carbons (Fsp3) is 0.700. The number of anilines is 1. The predicted molar refractivity (Wildman–Crippen MR) is 126 cm³/mol. The first-order valence-electron chi connectivity index (χ1n) is 11.0. The van der Waals surface area contributed by atoms with Crippen LogP contribution < -0.4 is 10.9 Å². The maximum atomic E-state index is 12.5. The summed E-state index contributed by atoms with van der Waals surface area (Å²) in [5.41, 5.74) is 8.97. The summed E-state index contributed by atoms with van der Waals surface area (Å²) in [5, 5.41) is 6.54. The van der Waals surface area contributed by atoms with Gasteiger partial charge in [0.2, 0.25) is 11.9 Å². The number of H-pyrrole nitrogens is 1. The first kappa shape index (κ1) is 24.9. The van der Waals surface area contributed by atoms with E-state index in [9.17, 15) is 9.59 Å². The minimum absolute atomic E-state index is 0.0291. The number of aromatic amines is 1. The van der Waals surface area contributed by atoms with Crippen LogP contribution in [0.15, 0.2) is 16.2 Å². The van der Waals surface area contributed by atoms with Gasteiger partial charge >= 0.3 is 0 Å². The lowest BCUT2D eigenvalue weighted by atomic mass is 10.1. The summed E-state index contributed by atoms with van der Waals surface area (Å²) < 4.78 is 14.1. The van der Waals surface area contributed by atoms with Crippen LogP contribution in [0.4, 0.5) is 5.95 Å². The van der Waals surface area contributed by atoms with Gasteiger partial charge in [0.1, 0.15) is 6.23 Å². The highest BCUT2D eigenvalue weighted by Gasteiger charge is 2.41. The number of hydrogen-bond donors (Lipinski definition) is 2. The summed E-state index contributed by atoms with van der Waals surface area (Å²) in [5.74, 6) is -0.511. The maximum absolute atomic E-state index is 12.5. The van der Waals surface area contributed by atoms with E-state index in [0.717, 1.165) is 0 Å². The minimum atomic E-state index is -2.03. The van der Waals surface area contributed by atoms with Crippen LogP contribution in [0.25, 0.3) is 21.6 Å². The molecule has 0 aromatic carbocycles. The van der Waals surface area contributed by atoms with Gasteiger partial charge in [-0.05, 0) is 23.7 Å². The van der Waals surface area contributed by atoms with Crippen molar-refractivity contribution in [3.63, 3.8) is 0 Å². The Bertz CT molecular complexity index is 1130. The molecule has 1 amide bonds. The monoisotopic (exact) mass is 476 g/mol. The number of hydrogen-bond acceptors (Lipinski definition) is 7. The van der Waals surface area contributed by atoms with E-state index in [1.807, 2.05) is 0 Å². The average molecular weight is 477 g/mol. The topological polar surface area (TPSA) is 160 Å². The molecule has 3 heterocycles. The van der Waals surface area contributed by atoms with Crippen molar-refractivity contribution in [2.45, 2.75) is 77.5 Å². The van der Waals surface area contributed by atoms with E-state index in [1.54, 1.807) is 18.4 Å². The van der Waals surface area contributed by atoms with Gasteiger partial charge in [-0.15, -0.1) is 0 Å². The number of amides is 1. The Morgan fingerprint density at radius 3 is 2.79 bits per heavy atom. The number of carbonyl (C=O) groups excluding carboxylic acids is 1. The Balaban J connectivity index is 1.87. The van der Waals surface area contributed by atoms with Crippen LogP contribution in [-0.2, 0) is 14.0 Å². The first-order valence-corrected chi connectivity index (χ1v) is 13.9. The van der Waals surface area contributed by atoms with Crippen LogP contribution in [0.1, 0.15) is 47.3 Å². The number of azide groups is 1. The number of ether oxygens (including phenoxy) is 1. The number of imidazole rings is 1. The van der Waals surface area contributed by atoms with Crippen molar-refractivity contribution in [2.75, 3.05) is 11.9 Å². The highest BCUT2D eigenvalue weighted by atomic mass is 28.4. The second-order valence-corrected chi connectivity index (χ2v) is 14.9. The van der Waals surface area contributed by atoms with Crippen LogP contribution in [0, 0.1) is 5.92 Å². The largest absolute Gasteiger partial charge is 0.414 e. The van der Waals surface area contributed by atoms with Crippen molar-refractivity contribution < 1.29 is 14.0 Å². The van der Waals surface area contributed by atoms with Crippen molar-refractivity contribution >= 4 is 31.3 Å². The van der Waals surface area contributed by atoms with Gasteiger partial charge in [-0.3, -0.25) is 24.5 Å². The second-order valence-electron chi connectivity index (χ2n) is 10.1. The molecule has 3 unspecified atom stereocenters. The van der Waals surface area contributed by atoms with Crippen molar-refractivity contribution in [3.05, 3.63) is 27.1 Å². The molecule has 1 aliphatic heterocycles. The van der Waals surface area contributed by atoms with Crippen molar-refractivity contribution in [2.24, 2.45) is 11.0 Å². The van der Waals surface area contributed by atoms with Crippen molar-refractivity contribution in [1.29, 1.82) is 0 Å². The van der Waals surface area contributed by atoms with E-state index < -0.39 is 32.3 Å². The molecule has 0 aliphatic carbocycles. The Morgan fingerprint density at radius 1 is 1.48 bits per heavy atom. The Kier molecular flexibility index (Phi) is 6.98. The van der Waals surface area contributed by atoms with E-state index in [2.05, 4.69) is 64.2 Å². The van der Waals surface area contributed by atoms with E-state index in [1.165, 1.54) is 6.33 Å². The number of rotatable bonds is 7. The average Bonchev–Trinajstić information content (AvgIpc) is 3.30. The number of aromatic nitrogens is 4. The molecule has 33 heavy (non-hydrogen) atoms. The van der Waals surface area contributed by atoms with E-state index in [-0.39, 0.29) is 34.0 Å². The van der Waals surface area contributed by atoms with Gasteiger partial charge in [0.05, 0.1) is 25.1 Å². The van der Waals surface area contributed by atoms with Gasteiger partial charge in [-0.1, -0.05) is 39.7 Å². The molecule has 180 valence electrons. The minimum Gasteiger partial charge on any atom is -0.414 e. The van der Waals surface area contributed by atoms with Gasteiger partial charge in [-0.2, -0.15) is 4.98 Å². The molecule has 1 aliphatic rings. The molecule has 3 atom stereocenters. The van der Waals surface area contributed by atoms with Crippen LogP contribution in [0.5, 0.6) is 0 Å². The standard InChI is InChI=1S/C20H32N8O4Si/c1-11(2)17(29)24-19-23-16-15(18(30)25-19)22-10-28(16)14-8-12(26-27-21)13(32-14)9-31-33(6,7)20(3,4)5/h10-14H,8-9H2,1-7H3,(H2,23,24,25,29,30). The third-order valence-electron chi connectivity index (χ3n) is 6.33. The molecule has 2 aromatic heterocycles. The number of nitrogens with one attached hydrogen (secondary N) is 2. The summed E-state index contributed by atoms with van der Waals surface area (Å²) in [6, 6.07) is -0.440. The number of nitrogens with zero attached hydrogens (tertiary/aromatic N) is 6. The molecule has 1 fully saturated rings. The maximum Gasteiger partial charge on any atom is 0.280 e. The van der Waals surface area contributed by atoms with Crippen LogP contribution >= 0.6 is 0 Å². The molecule has 0 spiro atoms. The molecule has 0 bridgehead atoms. The zero-order valence-corrected chi connectivity index (χ0v) is 21.1. The SMILES string of the molecule is CC(C)C(=O)Nc1nc2c(ncn2C2CC(N=[N+]=[N-])C(CO[Si](C)(C)C(C)(C)C)O2)c(=O)[nH]1. The lowest BCUT2D eigenvalue weighted by Gasteiger charge is -2.37. The third kappa shape index (κ3) is 5.27. The quantitative estimate of drug-likeness (QED) is 0.268. The molecule has 0 saturated carbocycles. The van der Waals surface area contributed by atoms with Crippen molar-refractivity contribution in [1.82, 2.24) is 19.5 Å². The number of carbonyl (C=O) groups is 1. The molecule has 0 radical (unpaired) electrons. The molecule has 2 N–H and O–H groups in total. The fourth-order valence-corrected chi connectivity index (χ4v) is 4.20. The van der Waals surface area contributed by atoms with Gasteiger partial charge in [0, 0.05) is 17.3 Å². The van der Waals surface area contributed by atoms with Gasteiger partial charge in [0.15, 0.2) is 19.5 Å².